The van der Waals surface area contributed by atoms with E-state index in [0.717, 1.165) is 23.3 Å². The highest BCUT2D eigenvalue weighted by Gasteiger charge is 2.06. The third kappa shape index (κ3) is 5.37. The molecule has 0 spiro atoms. The summed E-state index contributed by atoms with van der Waals surface area (Å²) >= 11 is 0. The van der Waals surface area contributed by atoms with Gasteiger partial charge in [-0.2, -0.15) is 5.10 Å². The van der Waals surface area contributed by atoms with Crippen molar-refractivity contribution in [3.63, 3.8) is 0 Å². The average Bonchev–Trinajstić information content (AvgIpc) is 3.18. The Labute approximate surface area is 156 Å². The maximum atomic E-state index is 13.7. The van der Waals surface area contributed by atoms with E-state index in [9.17, 15) is 8.78 Å². The van der Waals surface area contributed by atoms with Crippen LogP contribution in [0.1, 0.15) is 16.7 Å². The molecule has 27 heavy (non-hydrogen) atoms. The second-order valence-corrected chi connectivity index (χ2v) is 6.04. The van der Waals surface area contributed by atoms with E-state index in [1.54, 1.807) is 13.2 Å². The molecule has 2 aromatic carbocycles. The zero-order valence-corrected chi connectivity index (χ0v) is 15.0. The Morgan fingerprint density at radius 1 is 1.04 bits per heavy atom. The maximum Gasteiger partial charge on any atom is 0.191 e. The minimum Gasteiger partial charge on any atom is -0.352 e. The van der Waals surface area contributed by atoms with Crippen molar-refractivity contribution >= 4 is 5.96 Å². The van der Waals surface area contributed by atoms with Crippen molar-refractivity contribution in [2.24, 2.45) is 4.99 Å². The SMILES string of the molecule is CN=C(NCc1cccc(Cn2cccn2)c1)NCc1cc(F)ccc1F. The number of nitrogens with zero attached hydrogens (tertiary/aromatic N) is 3. The van der Waals surface area contributed by atoms with E-state index in [-0.39, 0.29) is 12.1 Å². The first kappa shape index (κ1) is 18.6. The number of nitrogens with one attached hydrogen (secondary N) is 2. The fourth-order valence-electron chi connectivity index (χ4n) is 2.68. The molecule has 0 bridgehead atoms. The molecule has 7 heteroatoms. The summed E-state index contributed by atoms with van der Waals surface area (Å²) in [5.41, 5.74) is 2.47. The van der Waals surface area contributed by atoms with Gasteiger partial charge in [0.1, 0.15) is 11.6 Å². The van der Waals surface area contributed by atoms with E-state index in [4.69, 9.17) is 0 Å². The molecule has 0 fully saturated rings. The van der Waals surface area contributed by atoms with Crippen LogP contribution in [0.25, 0.3) is 0 Å². The Hall–Kier alpha value is -3.22. The van der Waals surface area contributed by atoms with Crippen LogP contribution >= 0.6 is 0 Å². The highest BCUT2D eigenvalue weighted by molar-refractivity contribution is 5.79. The fourth-order valence-corrected chi connectivity index (χ4v) is 2.68. The largest absolute Gasteiger partial charge is 0.352 e. The molecule has 0 aliphatic heterocycles. The topological polar surface area (TPSA) is 54.2 Å². The minimum absolute atomic E-state index is 0.141. The first-order valence-electron chi connectivity index (χ1n) is 8.58. The van der Waals surface area contributed by atoms with E-state index in [2.05, 4.69) is 26.8 Å². The fraction of sp³-hybridized carbons (Fsp3) is 0.200. The number of aliphatic imine (C=N–C) groups is 1. The Bertz CT molecular complexity index is 906. The summed E-state index contributed by atoms with van der Waals surface area (Å²) in [5.74, 6) is -0.410. The van der Waals surface area contributed by atoms with Crippen molar-refractivity contribution in [3.05, 3.63) is 89.2 Å². The van der Waals surface area contributed by atoms with E-state index >= 15 is 0 Å². The van der Waals surface area contributed by atoms with Gasteiger partial charge in [-0.3, -0.25) is 9.67 Å². The molecule has 1 heterocycles. The van der Waals surface area contributed by atoms with Crippen LogP contribution in [0.3, 0.4) is 0 Å². The van der Waals surface area contributed by atoms with Crippen LogP contribution in [0.2, 0.25) is 0 Å². The van der Waals surface area contributed by atoms with E-state index in [0.29, 0.717) is 19.0 Å². The summed E-state index contributed by atoms with van der Waals surface area (Å²) in [6.07, 6.45) is 3.67. The lowest BCUT2D eigenvalue weighted by Gasteiger charge is -2.13. The van der Waals surface area contributed by atoms with Crippen molar-refractivity contribution < 1.29 is 8.78 Å². The van der Waals surface area contributed by atoms with Gasteiger partial charge in [0.2, 0.25) is 0 Å². The summed E-state index contributed by atoms with van der Waals surface area (Å²) in [6.45, 7) is 1.40. The lowest BCUT2D eigenvalue weighted by atomic mass is 10.1. The molecule has 0 saturated heterocycles. The van der Waals surface area contributed by atoms with Gasteiger partial charge in [-0.1, -0.05) is 24.3 Å². The Morgan fingerprint density at radius 2 is 1.85 bits per heavy atom. The molecule has 1 aromatic heterocycles. The smallest absolute Gasteiger partial charge is 0.191 e. The third-order valence-corrected chi connectivity index (χ3v) is 4.03. The second kappa shape index (κ2) is 8.93. The van der Waals surface area contributed by atoms with Crippen molar-refractivity contribution in [2.45, 2.75) is 19.6 Å². The second-order valence-electron chi connectivity index (χ2n) is 6.04. The molecular formula is C20H21F2N5. The summed E-state index contributed by atoms with van der Waals surface area (Å²) < 4.78 is 28.8. The van der Waals surface area contributed by atoms with Crippen LogP contribution in [-0.2, 0) is 19.6 Å². The predicted molar refractivity (Wildman–Crippen MR) is 101 cm³/mol. The molecule has 2 N–H and O–H groups in total. The summed E-state index contributed by atoms with van der Waals surface area (Å²) in [6, 6.07) is 13.4. The molecular weight excluding hydrogens is 348 g/mol. The van der Waals surface area contributed by atoms with Gasteiger partial charge in [0.25, 0.3) is 0 Å². The Morgan fingerprint density at radius 3 is 2.63 bits per heavy atom. The van der Waals surface area contributed by atoms with Gasteiger partial charge < -0.3 is 10.6 Å². The first-order chi connectivity index (χ1) is 13.1. The van der Waals surface area contributed by atoms with Gasteiger partial charge >= 0.3 is 0 Å². The lowest BCUT2D eigenvalue weighted by Crippen LogP contribution is -2.36. The van der Waals surface area contributed by atoms with Crippen LogP contribution in [0, 0.1) is 11.6 Å². The number of hydrogen-bond donors (Lipinski definition) is 2. The van der Waals surface area contributed by atoms with Crippen LogP contribution in [0.4, 0.5) is 8.78 Å². The normalized spacial score (nSPS) is 11.4. The summed E-state index contributed by atoms with van der Waals surface area (Å²) in [4.78, 5) is 4.12. The molecule has 0 aliphatic carbocycles. The number of hydrogen-bond acceptors (Lipinski definition) is 2. The van der Waals surface area contributed by atoms with Gasteiger partial charge in [-0.25, -0.2) is 8.78 Å². The lowest BCUT2D eigenvalue weighted by molar-refractivity contribution is 0.581. The molecule has 3 aromatic rings. The molecule has 3 rings (SSSR count). The van der Waals surface area contributed by atoms with Crippen molar-refractivity contribution in [2.75, 3.05) is 7.05 Å². The van der Waals surface area contributed by atoms with Gasteiger partial charge in [0.15, 0.2) is 5.96 Å². The number of guanidine groups is 1. The summed E-state index contributed by atoms with van der Waals surface area (Å²) in [5, 5.41) is 10.4. The molecule has 5 nitrogen and oxygen atoms in total. The molecule has 140 valence electrons. The quantitative estimate of drug-likeness (QED) is 0.519. The average molecular weight is 369 g/mol. The highest BCUT2D eigenvalue weighted by atomic mass is 19.1. The zero-order valence-electron chi connectivity index (χ0n) is 15.0. The van der Waals surface area contributed by atoms with E-state index in [1.165, 1.54) is 6.07 Å². The molecule has 0 atom stereocenters. The minimum atomic E-state index is -0.467. The van der Waals surface area contributed by atoms with Gasteiger partial charge in [0.05, 0.1) is 6.54 Å². The molecule has 0 radical (unpaired) electrons. The number of rotatable bonds is 6. The highest BCUT2D eigenvalue weighted by Crippen LogP contribution is 2.09. The van der Waals surface area contributed by atoms with Gasteiger partial charge in [-0.15, -0.1) is 0 Å². The van der Waals surface area contributed by atoms with Crippen molar-refractivity contribution in [1.82, 2.24) is 20.4 Å². The van der Waals surface area contributed by atoms with Crippen molar-refractivity contribution in [1.29, 1.82) is 0 Å². The first-order valence-corrected chi connectivity index (χ1v) is 8.58. The Balaban J connectivity index is 1.55. The van der Waals surface area contributed by atoms with Gasteiger partial charge in [-0.05, 0) is 35.4 Å². The number of halogens is 2. The standard InChI is InChI=1S/C20H21F2N5/c1-23-20(25-13-17-11-18(21)6-7-19(17)22)24-12-15-4-2-5-16(10-15)14-27-9-3-8-26-27/h2-11H,12-14H2,1H3,(H2,23,24,25). The molecule has 0 unspecified atom stereocenters. The monoisotopic (exact) mass is 369 g/mol. The summed E-state index contributed by atoms with van der Waals surface area (Å²) in [7, 11) is 1.63. The maximum absolute atomic E-state index is 13.7. The molecule has 0 saturated carbocycles. The Kier molecular flexibility index (Phi) is 6.14. The van der Waals surface area contributed by atoms with Crippen LogP contribution in [0.15, 0.2) is 65.9 Å². The molecule has 0 aliphatic rings. The predicted octanol–water partition coefficient (Wildman–Crippen LogP) is 3.07. The third-order valence-electron chi connectivity index (χ3n) is 4.03. The van der Waals surface area contributed by atoms with Crippen LogP contribution < -0.4 is 10.6 Å². The van der Waals surface area contributed by atoms with Gasteiger partial charge in [0, 0.05) is 38.1 Å². The molecule has 0 amide bonds. The van der Waals surface area contributed by atoms with Crippen molar-refractivity contribution in [3.8, 4) is 0 Å². The van der Waals surface area contributed by atoms with Crippen LogP contribution in [0.5, 0.6) is 0 Å². The number of benzene rings is 2. The zero-order chi connectivity index (χ0) is 19.1. The van der Waals surface area contributed by atoms with E-state index in [1.807, 2.05) is 35.1 Å². The van der Waals surface area contributed by atoms with Crippen LogP contribution in [-0.4, -0.2) is 22.8 Å². The van der Waals surface area contributed by atoms with E-state index < -0.39 is 11.6 Å². The number of aromatic nitrogens is 2.